The Morgan fingerprint density at radius 1 is 1.00 bits per heavy atom. The molecular formula is C26H21N5O3. The number of carbonyl (C=O) groups is 1. The number of nitrogens with one attached hydrogen (secondary N) is 2. The number of carbonyl (C=O) groups excluding carboxylic acids is 1. The van der Waals surface area contributed by atoms with Gasteiger partial charge in [-0.05, 0) is 60.5 Å². The number of nitrogens with zero attached hydrogens (tertiary/aromatic N) is 2. The van der Waals surface area contributed by atoms with Gasteiger partial charge < -0.3 is 16.0 Å². The van der Waals surface area contributed by atoms with Gasteiger partial charge in [-0.1, -0.05) is 18.2 Å². The van der Waals surface area contributed by atoms with Crippen molar-refractivity contribution in [1.82, 2.24) is 15.3 Å². The number of fused-ring (bicyclic) bond motifs is 3. The van der Waals surface area contributed by atoms with E-state index in [0.29, 0.717) is 41.1 Å². The van der Waals surface area contributed by atoms with E-state index in [2.05, 4.69) is 16.4 Å². The van der Waals surface area contributed by atoms with E-state index in [9.17, 15) is 14.9 Å². The highest BCUT2D eigenvalue weighted by Gasteiger charge is 2.12. The zero-order chi connectivity index (χ0) is 23.7. The first kappa shape index (κ1) is 21.1. The van der Waals surface area contributed by atoms with E-state index in [0.717, 1.165) is 21.9 Å². The quantitative estimate of drug-likeness (QED) is 0.193. The first-order valence-electron chi connectivity index (χ1n) is 10.8. The zero-order valence-corrected chi connectivity index (χ0v) is 18.1. The molecule has 5 aromatic rings. The number of nitrogens with two attached hydrogens (primary N) is 1. The molecule has 8 heteroatoms. The standard InChI is InChI=1S/C26H21N5O3/c27-19-7-5-17(6-8-19)26(32)28-13-12-16-4-10-24-22(14-16)21-9-11-23(29-25(21)30-24)18-2-1-3-20(15-18)31(33)34/h1-11,14-15H,12-13,27H2,(H,28,32)(H,29,30). The van der Waals surface area contributed by atoms with Crippen molar-refractivity contribution in [3.63, 3.8) is 0 Å². The highest BCUT2D eigenvalue weighted by atomic mass is 16.6. The summed E-state index contributed by atoms with van der Waals surface area (Å²) in [5, 5.41) is 16.0. The van der Waals surface area contributed by atoms with Gasteiger partial charge in [-0.15, -0.1) is 0 Å². The molecule has 8 nitrogen and oxygen atoms in total. The lowest BCUT2D eigenvalue weighted by Crippen LogP contribution is -2.25. The number of H-pyrrole nitrogens is 1. The number of non-ortho nitro benzene ring substituents is 1. The molecule has 2 aromatic heterocycles. The number of rotatable bonds is 6. The van der Waals surface area contributed by atoms with Crippen LogP contribution in [0.1, 0.15) is 15.9 Å². The molecule has 2 heterocycles. The molecule has 0 atom stereocenters. The van der Waals surface area contributed by atoms with Gasteiger partial charge in [-0.2, -0.15) is 0 Å². The third kappa shape index (κ3) is 4.16. The molecule has 0 aliphatic heterocycles. The van der Waals surface area contributed by atoms with E-state index < -0.39 is 4.92 Å². The van der Waals surface area contributed by atoms with Gasteiger partial charge in [0.25, 0.3) is 11.6 Å². The minimum absolute atomic E-state index is 0.0316. The van der Waals surface area contributed by atoms with Gasteiger partial charge in [0.1, 0.15) is 5.65 Å². The van der Waals surface area contributed by atoms with Crippen molar-refractivity contribution in [1.29, 1.82) is 0 Å². The lowest BCUT2D eigenvalue weighted by atomic mass is 10.1. The predicted octanol–water partition coefficient (Wildman–Crippen LogP) is 4.85. The summed E-state index contributed by atoms with van der Waals surface area (Å²) in [6.45, 7) is 0.506. The van der Waals surface area contributed by atoms with Crippen molar-refractivity contribution in [2.75, 3.05) is 12.3 Å². The summed E-state index contributed by atoms with van der Waals surface area (Å²) < 4.78 is 0. The molecule has 5 rings (SSSR count). The van der Waals surface area contributed by atoms with Crippen LogP contribution in [-0.4, -0.2) is 27.3 Å². The maximum Gasteiger partial charge on any atom is 0.270 e. The second-order valence-corrected chi connectivity index (χ2v) is 8.03. The van der Waals surface area contributed by atoms with Gasteiger partial charge >= 0.3 is 0 Å². The Labute approximate surface area is 194 Å². The summed E-state index contributed by atoms with van der Waals surface area (Å²) in [7, 11) is 0. The van der Waals surface area contributed by atoms with E-state index >= 15 is 0 Å². The van der Waals surface area contributed by atoms with E-state index in [1.165, 1.54) is 12.1 Å². The van der Waals surface area contributed by atoms with Crippen LogP contribution in [0, 0.1) is 10.1 Å². The van der Waals surface area contributed by atoms with E-state index in [1.807, 2.05) is 24.3 Å². The number of aromatic amines is 1. The number of hydrogen-bond donors (Lipinski definition) is 3. The topological polar surface area (TPSA) is 127 Å². The number of nitro benzene ring substituents is 1. The molecule has 3 aromatic carbocycles. The van der Waals surface area contributed by atoms with Crippen molar-refractivity contribution >= 4 is 39.2 Å². The Morgan fingerprint density at radius 2 is 1.82 bits per heavy atom. The maximum atomic E-state index is 12.3. The number of aromatic nitrogens is 2. The molecule has 0 saturated carbocycles. The Morgan fingerprint density at radius 3 is 2.62 bits per heavy atom. The van der Waals surface area contributed by atoms with Gasteiger partial charge in [-0.3, -0.25) is 14.9 Å². The SMILES string of the molecule is Nc1ccc(C(=O)NCCc2ccc3[nH]c4nc(-c5cccc([N+](=O)[O-])c5)ccc4c3c2)cc1. The van der Waals surface area contributed by atoms with Gasteiger partial charge in [0, 0.05) is 51.8 Å². The van der Waals surface area contributed by atoms with Crippen molar-refractivity contribution in [3.05, 3.63) is 100 Å². The number of hydrogen-bond acceptors (Lipinski definition) is 5. The summed E-state index contributed by atoms with van der Waals surface area (Å²) in [5.41, 5.74) is 11.0. The summed E-state index contributed by atoms with van der Waals surface area (Å²) in [6, 6.07) is 23.2. The van der Waals surface area contributed by atoms with Crippen LogP contribution in [-0.2, 0) is 6.42 Å². The maximum absolute atomic E-state index is 12.3. The van der Waals surface area contributed by atoms with Gasteiger partial charge in [0.2, 0.25) is 0 Å². The van der Waals surface area contributed by atoms with Crippen LogP contribution in [0.2, 0.25) is 0 Å². The highest BCUT2D eigenvalue weighted by Crippen LogP contribution is 2.29. The van der Waals surface area contributed by atoms with E-state index in [-0.39, 0.29) is 11.6 Å². The molecule has 0 saturated heterocycles. The first-order valence-corrected chi connectivity index (χ1v) is 10.8. The van der Waals surface area contributed by atoms with E-state index in [4.69, 9.17) is 10.7 Å². The van der Waals surface area contributed by atoms with Crippen LogP contribution in [0.3, 0.4) is 0 Å². The fraction of sp³-hybridized carbons (Fsp3) is 0.0769. The summed E-state index contributed by atoms with van der Waals surface area (Å²) in [5.74, 6) is -0.133. The Balaban J connectivity index is 1.35. The summed E-state index contributed by atoms with van der Waals surface area (Å²) in [6.07, 6.45) is 0.683. The average molecular weight is 451 g/mol. The van der Waals surface area contributed by atoms with Crippen LogP contribution < -0.4 is 11.1 Å². The normalized spacial score (nSPS) is 11.1. The van der Waals surface area contributed by atoms with Crippen LogP contribution >= 0.6 is 0 Å². The molecule has 0 bridgehead atoms. The van der Waals surface area contributed by atoms with Crippen LogP contribution in [0.5, 0.6) is 0 Å². The summed E-state index contributed by atoms with van der Waals surface area (Å²) >= 11 is 0. The molecule has 0 aliphatic rings. The van der Waals surface area contributed by atoms with Gasteiger partial charge in [0.05, 0.1) is 10.6 Å². The number of anilines is 1. The minimum atomic E-state index is -0.412. The average Bonchev–Trinajstić information content (AvgIpc) is 3.21. The predicted molar refractivity (Wildman–Crippen MR) is 133 cm³/mol. The second kappa shape index (κ2) is 8.67. The van der Waals surface area contributed by atoms with Crippen LogP contribution in [0.15, 0.2) is 78.9 Å². The van der Waals surface area contributed by atoms with Gasteiger partial charge in [-0.25, -0.2) is 4.98 Å². The number of nitro groups is 1. The molecular weight excluding hydrogens is 430 g/mol. The first-order chi connectivity index (χ1) is 16.5. The fourth-order valence-corrected chi connectivity index (χ4v) is 3.97. The monoisotopic (exact) mass is 451 g/mol. The smallest absolute Gasteiger partial charge is 0.270 e. The molecule has 0 radical (unpaired) electrons. The Hall–Kier alpha value is -4.72. The fourth-order valence-electron chi connectivity index (χ4n) is 3.97. The third-order valence-electron chi connectivity index (χ3n) is 5.75. The molecule has 0 unspecified atom stereocenters. The highest BCUT2D eigenvalue weighted by molar-refractivity contribution is 6.06. The van der Waals surface area contributed by atoms with Crippen molar-refractivity contribution < 1.29 is 9.72 Å². The summed E-state index contributed by atoms with van der Waals surface area (Å²) in [4.78, 5) is 31.0. The van der Waals surface area contributed by atoms with E-state index in [1.54, 1.807) is 36.4 Å². The zero-order valence-electron chi connectivity index (χ0n) is 18.1. The molecule has 0 aliphatic carbocycles. The van der Waals surface area contributed by atoms with Crippen LogP contribution in [0.25, 0.3) is 33.2 Å². The molecule has 168 valence electrons. The Kier molecular flexibility index (Phi) is 5.39. The molecule has 34 heavy (non-hydrogen) atoms. The van der Waals surface area contributed by atoms with Crippen molar-refractivity contribution in [2.45, 2.75) is 6.42 Å². The largest absolute Gasteiger partial charge is 0.399 e. The number of amides is 1. The molecule has 4 N–H and O–H groups in total. The molecule has 0 spiro atoms. The number of pyridine rings is 1. The second-order valence-electron chi connectivity index (χ2n) is 8.03. The minimum Gasteiger partial charge on any atom is -0.399 e. The Bertz CT molecular complexity index is 1540. The molecule has 1 amide bonds. The lowest BCUT2D eigenvalue weighted by molar-refractivity contribution is -0.384. The van der Waals surface area contributed by atoms with Gasteiger partial charge in [0.15, 0.2) is 0 Å². The lowest BCUT2D eigenvalue weighted by Gasteiger charge is -2.06. The third-order valence-corrected chi connectivity index (χ3v) is 5.75. The van der Waals surface area contributed by atoms with Crippen LogP contribution in [0.4, 0.5) is 11.4 Å². The molecule has 0 fully saturated rings. The number of benzene rings is 3. The number of nitrogen functional groups attached to an aromatic ring is 1. The van der Waals surface area contributed by atoms with Crippen molar-refractivity contribution in [2.24, 2.45) is 0 Å². The van der Waals surface area contributed by atoms with Crippen molar-refractivity contribution in [3.8, 4) is 11.3 Å².